The summed E-state index contributed by atoms with van der Waals surface area (Å²) in [5.41, 5.74) is 9.03. The van der Waals surface area contributed by atoms with Gasteiger partial charge in [-0.1, -0.05) is 54.6 Å². The minimum atomic E-state index is 0.160. The first-order valence-corrected chi connectivity index (χ1v) is 9.57. The van der Waals surface area contributed by atoms with Gasteiger partial charge in [-0.05, 0) is 58.4 Å². The van der Waals surface area contributed by atoms with Gasteiger partial charge in [0.1, 0.15) is 0 Å². The summed E-state index contributed by atoms with van der Waals surface area (Å²) in [6.07, 6.45) is 1.91. The molecule has 0 atom stereocenters. The number of nitrogens with one attached hydrogen (secondary N) is 1. The first kappa shape index (κ1) is 16.1. The number of anilines is 1. The molecule has 27 heavy (non-hydrogen) atoms. The fourth-order valence-electron chi connectivity index (χ4n) is 4.25. The molecule has 0 spiro atoms. The van der Waals surface area contributed by atoms with Crippen LogP contribution in [0.1, 0.15) is 22.3 Å². The van der Waals surface area contributed by atoms with E-state index in [2.05, 4.69) is 66.0 Å². The molecule has 0 unspecified atom stereocenters. The van der Waals surface area contributed by atoms with Crippen LogP contribution in [-0.4, -0.2) is 23.9 Å². The first-order valence-electron chi connectivity index (χ1n) is 9.57. The molecule has 0 bridgehead atoms. The monoisotopic (exact) mass is 354 g/mol. The highest BCUT2D eigenvalue weighted by atomic mass is 16.2. The third-order valence-corrected chi connectivity index (χ3v) is 5.72. The number of rotatable bonds is 3. The Balaban J connectivity index is 1.25. The second-order valence-electron chi connectivity index (χ2n) is 7.39. The van der Waals surface area contributed by atoms with E-state index in [1.54, 1.807) is 0 Å². The average Bonchev–Trinajstić information content (AvgIpc) is 3.09. The summed E-state index contributed by atoms with van der Waals surface area (Å²) in [7, 11) is 0. The van der Waals surface area contributed by atoms with Crippen molar-refractivity contribution in [3.8, 4) is 11.1 Å². The van der Waals surface area contributed by atoms with Gasteiger partial charge in [-0.15, -0.1) is 0 Å². The highest BCUT2D eigenvalue weighted by Gasteiger charge is 2.21. The highest BCUT2D eigenvalue weighted by molar-refractivity contribution is 5.82. The molecule has 1 heterocycles. The van der Waals surface area contributed by atoms with Crippen LogP contribution in [0.15, 0.2) is 66.7 Å². The van der Waals surface area contributed by atoms with Crippen molar-refractivity contribution in [2.75, 3.05) is 18.4 Å². The molecule has 3 aromatic carbocycles. The normalized spacial score (nSPS) is 14.3. The zero-order valence-electron chi connectivity index (χ0n) is 15.2. The van der Waals surface area contributed by atoms with Gasteiger partial charge in [0.25, 0.3) is 0 Å². The highest BCUT2D eigenvalue weighted by Crippen LogP contribution is 2.37. The van der Waals surface area contributed by atoms with Gasteiger partial charge >= 0.3 is 0 Å². The summed E-state index contributed by atoms with van der Waals surface area (Å²) in [5.74, 6) is 0.160. The second-order valence-corrected chi connectivity index (χ2v) is 7.39. The van der Waals surface area contributed by atoms with Gasteiger partial charge in [-0.25, -0.2) is 0 Å². The number of carbonyl (C=O) groups is 1. The first-order chi connectivity index (χ1) is 13.3. The number of benzene rings is 3. The van der Waals surface area contributed by atoms with E-state index in [0.717, 1.165) is 31.6 Å². The van der Waals surface area contributed by atoms with E-state index in [0.29, 0.717) is 6.54 Å². The predicted octanol–water partition coefficient (Wildman–Crippen LogP) is 4.25. The third-order valence-electron chi connectivity index (χ3n) is 5.72. The van der Waals surface area contributed by atoms with Crippen LogP contribution in [0.3, 0.4) is 0 Å². The van der Waals surface area contributed by atoms with Gasteiger partial charge < -0.3 is 10.2 Å². The lowest BCUT2D eigenvalue weighted by molar-refractivity contribution is -0.130. The molecule has 2 aliphatic rings. The maximum atomic E-state index is 12.7. The molecule has 0 fully saturated rings. The fraction of sp³-hybridized carbons (Fsp3) is 0.208. The van der Waals surface area contributed by atoms with Crippen molar-refractivity contribution < 1.29 is 4.79 Å². The molecule has 3 aromatic rings. The lowest BCUT2D eigenvalue weighted by Gasteiger charge is -2.29. The van der Waals surface area contributed by atoms with Crippen molar-refractivity contribution in [1.29, 1.82) is 0 Å². The SMILES string of the molecule is O=C(CNc1ccc2c(c1)Cc1ccccc1-2)N1CCc2ccccc2C1. The van der Waals surface area contributed by atoms with Gasteiger partial charge in [-0.3, -0.25) is 4.79 Å². The summed E-state index contributed by atoms with van der Waals surface area (Å²) < 4.78 is 0. The largest absolute Gasteiger partial charge is 0.376 e. The molecule has 0 saturated heterocycles. The zero-order valence-corrected chi connectivity index (χ0v) is 15.2. The van der Waals surface area contributed by atoms with E-state index in [9.17, 15) is 4.79 Å². The molecule has 1 aliphatic heterocycles. The zero-order chi connectivity index (χ0) is 18.2. The lowest BCUT2D eigenvalue weighted by Crippen LogP contribution is -2.39. The molecular weight excluding hydrogens is 332 g/mol. The maximum Gasteiger partial charge on any atom is 0.242 e. The van der Waals surface area contributed by atoms with E-state index in [1.807, 2.05) is 11.0 Å². The van der Waals surface area contributed by atoms with Crippen LogP contribution >= 0.6 is 0 Å². The van der Waals surface area contributed by atoms with Crippen LogP contribution in [-0.2, 0) is 24.2 Å². The van der Waals surface area contributed by atoms with Crippen molar-refractivity contribution in [3.05, 3.63) is 89.0 Å². The maximum absolute atomic E-state index is 12.7. The van der Waals surface area contributed by atoms with Crippen LogP contribution in [0, 0.1) is 0 Å². The van der Waals surface area contributed by atoms with Crippen LogP contribution < -0.4 is 5.32 Å². The Bertz CT molecular complexity index is 1020. The summed E-state index contributed by atoms with van der Waals surface area (Å²) in [6, 6.07) is 23.4. The number of carbonyl (C=O) groups excluding carboxylic acids is 1. The Hall–Kier alpha value is -3.07. The van der Waals surface area contributed by atoms with E-state index in [-0.39, 0.29) is 5.91 Å². The van der Waals surface area contributed by atoms with Crippen molar-refractivity contribution in [3.63, 3.8) is 0 Å². The summed E-state index contributed by atoms with van der Waals surface area (Å²) in [6.45, 7) is 1.86. The van der Waals surface area contributed by atoms with Gasteiger partial charge in [-0.2, -0.15) is 0 Å². The predicted molar refractivity (Wildman–Crippen MR) is 109 cm³/mol. The van der Waals surface area contributed by atoms with E-state index >= 15 is 0 Å². The van der Waals surface area contributed by atoms with Crippen molar-refractivity contribution in [2.45, 2.75) is 19.4 Å². The molecule has 3 nitrogen and oxygen atoms in total. The van der Waals surface area contributed by atoms with Crippen LogP contribution in [0.2, 0.25) is 0 Å². The molecule has 0 saturated carbocycles. The second kappa shape index (κ2) is 6.58. The number of nitrogens with zero attached hydrogens (tertiary/aromatic N) is 1. The number of amides is 1. The number of fused-ring (bicyclic) bond motifs is 4. The standard InChI is InChI=1S/C24H22N2O/c27-24(26-12-11-17-5-1-2-7-19(17)16-26)15-25-21-9-10-23-20(14-21)13-18-6-3-4-8-22(18)23/h1-10,14,25H,11-13,15-16H2. The molecule has 1 N–H and O–H groups in total. The van der Waals surface area contributed by atoms with Crippen molar-refractivity contribution >= 4 is 11.6 Å². The molecular formula is C24H22N2O. The molecule has 0 radical (unpaired) electrons. The minimum absolute atomic E-state index is 0.160. The average molecular weight is 354 g/mol. The van der Waals surface area contributed by atoms with Crippen LogP contribution in [0.4, 0.5) is 5.69 Å². The smallest absolute Gasteiger partial charge is 0.242 e. The Kier molecular flexibility index (Phi) is 3.93. The van der Waals surface area contributed by atoms with Gasteiger partial charge in [0.2, 0.25) is 5.91 Å². The van der Waals surface area contributed by atoms with Gasteiger partial charge in [0.05, 0.1) is 6.54 Å². The van der Waals surface area contributed by atoms with E-state index < -0.39 is 0 Å². The Morgan fingerprint density at radius 2 is 1.59 bits per heavy atom. The van der Waals surface area contributed by atoms with Crippen molar-refractivity contribution in [1.82, 2.24) is 4.90 Å². The Labute approximate surface area is 159 Å². The molecule has 1 aliphatic carbocycles. The van der Waals surface area contributed by atoms with Gasteiger partial charge in [0, 0.05) is 18.8 Å². The van der Waals surface area contributed by atoms with Crippen LogP contribution in [0.25, 0.3) is 11.1 Å². The van der Waals surface area contributed by atoms with E-state index in [4.69, 9.17) is 0 Å². The fourth-order valence-corrected chi connectivity index (χ4v) is 4.25. The summed E-state index contributed by atoms with van der Waals surface area (Å²) in [5, 5.41) is 3.33. The Morgan fingerprint density at radius 1 is 0.852 bits per heavy atom. The topological polar surface area (TPSA) is 32.3 Å². The van der Waals surface area contributed by atoms with E-state index in [1.165, 1.54) is 33.4 Å². The lowest BCUT2D eigenvalue weighted by atomic mass is 10.00. The quantitative estimate of drug-likeness (QED) is 0.596. The third kappa shape index (κ3) is 2.99. The van der Waals surface area contributed by atoms with Crippen molar-refractivity contribution in [2.24, 2.45) is 0 Å². The van der Waals surface area contributed by atoms with Gasteiger partial charge in [0.15, 0.2) is 0 Å². The number of hydrogen-bond donors (Lipinski definition) is 1. The van der Waals surface area contributed by atoms with Crippen LogP contribution in [0.5, 0.6) is 0 Å². The molecule has 5 rings (SSSR count). The summed E-state index contributed by atoms with van der Waals surface area (Å²) in [4.78, 5) is 14.6. The molecule has 134 valence electrons. The summed E-state index contributed by atoms with van der Waals surface area (Å²) >= 11 is 0. The molecule has 3 heteroatoms. The Morgan fingerprint density at radius 3 is 2.48 bits per heavy atom. The molecule has 1 amide bonds. The number of hydrogen-bond acceptors (Lipinski definition) is 2. The molecule has 0 aromatic heterocycles. The minimum Gasteiger partial charge on any atom is -0.376 e.